The molecule has 0 radical (unpaired) electrons. The first-order chi connectivity index (χ1) is 9.52. The van der Waals surface area contributed by atoms with Crippen molar-refractivity contribution in [3.63, 3.8) is 0 Å². The van der Waals surface area contributed by atoms with Gasteiger partial charge in [0.25, 0.3) is 0 Å². The van der Waals surface area contributed by atoms with Crippen LogP contribution >= 0.6 is 11.3 Å². The van der Waals surface area contributed by atoms with Crippen LogP contribution in [0.25, 0.3) is 10.2 Å². The number of fused-ring (bicyclic) bond motifs is 1. The number of anilines is 3. The molecule has 3 nitrogen and oxygen atoms in total. The molecular weight excluding hydrogens is 266 g/mol. The number of hydrogen-bond acceptors (Lipinski definition) is 4. The molecule has 0 bridgehead atoms. The Morgan fingerprint density at radius 1 is 1.05 bits per heavy atom. The van der Waals surface area contributed by atoms with E-state index < -0.39 is 0 Å². The maximum atomic E-state index is 5.83. The zero-order chi connectivity index (χ0) is 14.3. The van der Waals surface area contributed by atoms with Crippen LogP contribution in [0.5, 0.6) is 0 Å². The maximum Gasteiger partial charge on any atom is 0.190 e. The number of rotatable bonds is 2. The van der Waals surface area contributed by atoms with Crippen molar-refractivity contribution in [2.45, 2.75) is 13.8 Å². The monoisotopic (exact) mass is 283 g/mol. The average molecular weight is 283 g/mol. The van der Waals surface area contributed by atoms with Gasteiger partial charge in [0.15, 0.2) is 5.13 Å². The van der Waals surface area contributed by atoms with Gasteiger partial charge in [0.1, 0.15) is 0 Å². The highest BCUT2D eigenvalue weighted by molar-refractivity contribution is 7.22. The van der Waals surface area contributed by atoms with Gasteiger partial charge in [-0.3, -0.25) is 0 Å². The van der Waals surface area contributed by atoms with Gasteiger partial charge in [-0.15, -0.1) is 0 Å². The molecule has 0 spiro atoms. The SMILES string of the molecule is Cc1cc(C)cc(N(C)c2nc3ccc(N)cc3s2)c1. The quantitative estimate of drug-likeness (QED) is 0.714. The highest BCUT2D eigenvalue weighted by atomic mass is 32.1. The van der Waals surface area contributed by atoms with Gasteiger partial charge < -0.3 is 10.6 Å². The molecule has 0 saturated heterocycles. The summed E-state index contributed by atoms with van der Waals surface area (Å²) in [5, 5.41) is 0.982. The van der Waals surface area contributed by atoms with Crippen LogP contribution in [0.1, 0.15) is 11.1 Å². The summed E-state index contributed by atoms with van der Waals surface area (Å²) in [7, 11) is 2.05. The van der Waals surface area contributed by atoms with Gasteiger partial charge in [-0.05, 0) is 55.3 Å². The minimum Gasteiger partial charge on any atom is -0.399 e. The largest absolute Gasteiger partial charge is 0.399 e. The molecule has 0 aliphatic heterocycles. The van der Waals surface area contributed by atoms with Crippen LogP contribution in [0.3, 0.4) is 0 Å². The Morgan fingerprint density at radius 2 is 1.75 bits per heavy atom. The molecular formula is C16H17N3S. The summed E-state index contributed by atoms with van der Waals surface area (Å²) in [6.07, 6.45) is 0. The number of nitrogens with two attached hydrogens (primary N) is 1. The molecule has 102 valence electrons. The van der Waals surface area contributed by atoms with E-state index in [1.54, 1.807) is 11.3 Å². The summed E-state index contributed by atoms with van der Waals surface area (Å²) in [5.74, 6) is 0. The fourth-order valence-electron chi connectivity index (χ4n) is 2.33. The standard InChI is InChI=1S/C16H17N3S/c1-10-6-11(2)8-13(7-10)19(3)16-18-14-5-4-12(17)9-15(14)20-16/h4-9H,17H2,1-3H3. The molecule has 0 saturated carbocycles. The average Bonchev–Trinajstić information content (AvgIpc) is 2.79. The molecule has 1 heterocycles. The van der Waals surface area contributed by atoms with E-state index in [0.29, 0.717) is 0 Å². The van der Waals surface area contributed by atoms with Crippen molar-refractivity contribution in [3.05, 3.63) is 47.5 Å². The number of benzene rings is 2. The second-order valence-electron chi connectivity index (χ2n) is 5.13. The number of nitrogens with zero attached hydrogens (tertiary/aromatic N) is 2. The van der Waals surface area contributed by atoms with Gasteiger partial charge in [-0.25, -0.2) is 4.98 Å². The lowest BCUT2D eigenvalue weighted by molar-refractivity contribution is 1.17. The number of nitrogen functional groups attached to an aromatic ring is 1. The summed E-state index contributed by atoms with van der Waals surface area (Å²) >= 11 is 1.66. The van der Waals surface area contributed by atoms with Crippen LogP contribution in [0.15, 0.2) is 36.4 Å². The number of aromatic nitrogens is 1. The number of thiazole rings is 1. The van der Waals surface area contributed by atoms with Crippen LogP contribution in [-0.2, 0) is 0 Å². The fourth-order valence-corrected chi connectivity index (χ4v) is 3.32. The lowest BCUT2D eigenvalue weighted by Gasteiger charge is -2.17. The minimum absolute atomic E-state index is 0.779. The third-order valence-corrected chi connectivity index (χ3v) is 4.38. The Morgan fingerprint density at radius 3 is 2.45 bits per heavy atom. The van der Waals surface area contributed by atoms with Crippen molar-refractivity contribution < 1.29 is 0 Å². The lowest BCUT2D eigenvalue weighted by atomic mass is 10.1. The van der Waals surface area contributed by atoms with E-state index in [1.165, 1.54) is 11.1 Å². The molecule has 0 atom stereocenters. The molecule has 20 heavy (non-hydrogen) atoms. The van der Waals surface area contributed by atoms with Crippen molar-refractivity contribution in [2.24, 2.45) is 0 Å². The molecule has 0 amide bonds. The first kappa shape index (κ1) is 12.9. The summed E-state index contributed by atoms with van der Waals surface area (Å²) in [6.45, 7) is 4.23. The predicted molar refractivity (Wildman–Crippen MR) is 88.0 cm³/mol. The molecule has 0 unspecified atom stereocenters. The van der Waals surface area contributed by atoms with Gasteiger partial charge >= 0.3 is 0 Å². The Kier molecular flexibility index (Phi) is 3.10. The zero-order valence-electron chi connectivity index (χ0n) is 11.8. The highest BCUT2D eigenvalue weighted by Gasteiger charge is 2.11. The Labute approximate surface area is 122 Å². The summed E-state index contributed by atoms with van der Waals surface area (Å²) < 4.78 is 1.12. The second-order valence-corrected chi connectivity index (χ2v) is 6.14. The lowest BCUT2D eigenvalue weighted by Crippen LogP contribution is -2.09. The molecule has 2 N–H and O–H groups in total. The van der Waals surface area contributed by atoms with Gasteiger partial charge in [0.05, 0.1) is 10.2 Å². The molecule has 0 fully saturated rings. The van der Waals surface area contributed by atoms with Crippen LogP contribution in [0, 0.1) is 13.8 Å². The molecule has 3 rings (SSSR count). The fraction of sp³-hybridized carbons (Fsp3) is 0.188. The van der Waals surface area contributed by atoms with Gasteiger partial charge in [-0.2, -0.15) is 0 Å². The normalized spacial score (nSPS) is 10.9. The van der Waals surface area contributed by atoms with Crippen molar-refractivity contribution >= 4 is 38.1 Å². The van der Waals surface area contributed by atoms with Crippen LogP contribution in [-0.4, -0.2) is 12.0 Å². The van der Waals surface area contributed by atoms with Crippen molar-refractivity contribution in [2.75, 3.05) is 17.7 Å². The van der Waals surface area contributed by atoms with E-state index in [4.69, 9.17) is 5.73 Å². The van der Waals surface area contributed by atoms with Crippen LogP contribution in [0.4, 0.5) is 16.5 Å². The van der Waals surface area contributed by atoms with E-state index in [-0.39, 0.29) is 0 Å². The number of hydrogen-bond donors (Lipinski definition) is 1. The van der Waals surface area contributed by atoms with Gasteiger partial charge in [0, 0.05) is 18.4 Å². The van der Waals surface area contributed by atoms with Crippen LogP contribution in [0.2, 0.25) is 0 Å². The van der Waals surface area contributed by atoms with E-state index in [9.17, 15) is 0 Å². The summed E-state index contributed by atoms with van der Waals surface area (Å²) in [4.78, 5) is 6.80. The highest BCUT2D eigenvalue weighted by Crippen LogP contribution is 2.33. The Balaban J connectivity index is 2.05. The minimum atomic E-state index is 0.779. The van der Waals surface area contributed by atoms with Crippen LogP contribution < -0.4 is 10.6 Å². The molecule has 4 heteroatoms. The van der Waals surface area contributed by atoms with Gasteiger partial charge in [-0.1, -0.05) is 17.4 Å². The first-order valence-corrected chi connectivity index (χ1v) is 7.33. The molecule has 0 aliphatic rings. The molecule has 2 aromatic carbocycles. The third-order valence-electron chi connectivity index (χ3n) is 3.28. The molecule has 3 aromatic rings. The van der Waals surface area contributed by atoms with E-state index in [0.717, 1.165) is 26.7 Å². The third kappa shape index (κ3) is 2.34. The number of aryl methyl sites for hydroxylation is 2. The van der Waals surface area contributed by atoms with E-state index >= 15 is 0 Å². The summed E-state index contributed by atoms with van der Waals surface area (Å²) in [5.41, 5.74) is 11.3. The van der Waals surface area contributed by atoms with Crippen molar-refractivity contribution in [3.8, 4) is 0 Å². The first-order valence-electron chi connectivity index (χ1n) is 6.51. The van der Waals surface area contributed by atoms with Crippen molar-refractivity contribution in [1.29, 1.82) is 0 Å². The van der Waals surface area contributed by atoms with Gasteiger partial charge in [0.2, 0.25) is 0 Å². The van der Waals surface area contributed by atoms with E-state index in [2.05, 4.69) is 49.0 Å². The van der Waals surface area contributed by atoms with E-state index in [1.807, 2.05) is 18.2 Å². The zero-order valence-corrected chi connectivity index (χ0v) is 12.7. The Hall–Kier alpha value is -2.07. The molecule has 0 aliphatic carbocycles. The maximum absolute atomic E-state index is 5.83. The predicted octanol–water partition coefficient (Wildman–Crippen LogP) is 4.26. The Bertz CT molecular complexity index is 756. The van der Waals surface area contributed by atoms with Crippen molar-refractivity contribution in [1.82, 2.24) is 4.98 Å². The second kappa shape index (κ2) is 4.80. The molecule has 1 aromatic heterocycles. The smallest absolute Gasteiger partial charge is 0.190 e. The summed E-state index contributed by atoms with van der Waals surface area (Å²) in [6, 6.07) is 12.4. The topological polar surface area (TPSA) is 42.2 Å².